The van der Waals surface area contributed by atoms with Crippen LogP contribution in [0.15, 0.2) is 23.1 Å². The fourth-order valence-corrected chi connectivity index (χ4v) is 4.24. The fourth-order valence-electron chi connectivity index (χ4n) is 2.44. The first-order chi connectivity index (χ1) is 9.87. The van der Waals surface area contributed by atoms with E-state index >= 15 is 0 Å². The van der Waals surface area contributed by atoms with Crippen molar-refractivity contribution < 1.29 is 17.9 Å². The molecule has 1 N–H and O–H groups in total. The van der Waals surface area contributed by atoms with E-state index in [1.165, 1.54) is 17.5 Å². The number of sulfonamides is 1. The van der Waals surface area contributed by atoms with E-state index in [0.717, 1.165) is 5.56 Å². The molecule has 0 spiro atoms. The Kier molecular flexibility index (Phi) is 4.65. The van der Waals surface area contributed by atoms with E-state index in [1.54, 1.807) is 19.1 Å². The van der Waals surface area contributed by atoms with Crippen molar-refractivity contribution in [2.45, 2.75) is 24.8 Å². The van der Waals surface area contributed by atoms with Crippen LogP contribution in [0.3, 0.4) is 0 Å². The van der Waals surface area contributed by atoms with Gasteiger partial charge in [0.25, 0.3) is 0 Å². The van der Waals surface area contributed by atoms with Crippen molar-refractivity contribution in [3.63, 3.8) is 0 Å². The third-order valence-electron chi connectivity index (χ3n) is 3.57. The quantitative estimate of drug-likeness (QED) is 0.834. The van der Waals surface area contributed by atoms with Crippen molar-refractivity contribution >= 4 is 16.0 Å². The van der Waals surface area contributed by atoms with Crippen LogP contribution in [-0.4, -0.2) is 51.5 Å². The van der Waals surface area contributed by atoms with E-state index < -0.39 is 16.0 Å². The number of ether oxygens (including phenoxy) is 1. The van der Waals surface area contributed by atoms with Crippen LogP contribution in [0.25, 0.3) is 0 Å². The number of hydrogen-bond donors (Lipinski definition) is 1. The van der Waals surface area contributed by atoms with Crippen LogP contribution in [0.1, 0.15) is 22.8 Å². The second-order valence-electron chi connectivity index (χ2n) is 5.16. The summed E-state index contributed by atoms with van der Waals surface area (Å²) in [5.74, 6) is -0.639. The highest BCUT2D eigenvalue weighted by Crippen LogP contribution is 2.24. The second kappa shape index (κ2) is 6.13. The summed E-state index contributed by atoms with van der Waals surface area (Å²) in [6, 6.07) is 4.55. The van der Waals surface area contributed by atoms with E-state index in [1.807, 2.05) is 6.92 Å². The fraction of sp³-hybridized carbons (Fsp3) is 0.500. The maximum Gasteiger partial charge on any atom is 0.339 e. The lowest BCUT2D eigenvalue weighted by molar-refractivity contribution is 0.0596. The van der Waals surface area contributed by atoms with Gasteiger partial charge in [-0.1, -0.05) is 11.6 Å². The molecule has 1 aromatic rings. The van der Waals surface area contributed by atoms with Crippen LogP contribution in [-0.2, 0) is 14.8 Å². The van der Waals surface area contributed by atoms with Crippen LogP contribution >= 0.6 is 0 Å². The highest BCUT2D eigenvalue weighted by Gasteiger charge is 2.33. The average molecular weight is 312 g/mol. The maximum atomic E-state index is 12.8. The van der Waals surface area contributed by atoms with Crippen molar-refractivity contribution in [2.75, 3.05) is 26.7 Å². The molecule has 21 heavy (non-hydrogen) atoms. The summed E-state index contributed by atoms with van der Waals surface area (Å²) in [6.45, 7) is 5.23. The molecule has 0 saturated carbocycles. The van der Waals surface area contributed by atoms with E-state index in [0.29, 0.717) is 19.6 Å². The van der Waals surface area contributed by atoms with Gasteiger partial charge in [0.1, 0.15) is 0 Å². The molecule has 0 aromatic heterocycles. The number of piperazine rings is 1. The number of nitrogens with zero attached hydrogens (tertiary/aromatic N) is 1. The number of rotatable bonds is 3. The molecular formula is C14H20N2O4S. The number of hydrogen-bond acceptors (Lipinski definition) is 5. The van der Waals surface area contributed by atoms with E-state index in [2.05, 4.69) is 5.32 Å². The number of nitrogens with one attached hydrogen (secondary N) is 1. The number of esters is 1. The van der Waals surface area contributed by atoms with Gasteiger partial charge in [-0.05, 0) is 26.0 Å². The molecule has 1 aliphatic rings. The molecule has 0 amide bonds. The molecule has 1 saturated heterocycles. The van der Waals surface area contributed by atoms with E-state index in [9.17, 15) is 13.2 Å². The van der Waals surface area contributed by atoms with Gasteiger partial charge in [-0.3, -0.25) is 0 Å². The Labute approximate surface area is 125 Å². The third-order valence-corrected chi connectivity index (χ3v) is 5.64. The Bertz CT molecular complexity index is 642. The minimum Gasteiger partial charge on any atom is -0.465 e. The standard InChI is InChI=1S/C14H20N2O4S/c1-10-4-5-13(12(8-10)14(17)20-3)21(18,19)16-7-6-15-9-11(16)2/h4-5,8,11,15H,6-7,9H2,1-3H3. The number of aryl methyl sites for hydroxylation is 1. The first-order valence-corrected chi connectivity index (χ1v) is 8.23. The van der Waals surface area contributed by atoms with Crippen molar-refractivity contribution in [1.82, 2.24) is 9.62 Å². The van der Waals surface area contributed by atoms with Crippen molar-refractivity contribution in [3.8, 4) is 0 Å². The van der Waals surface area contributed by atoms with Crippen LogP contribution in [0.5, 0.6) is 0 Å². The van der Waals surface area contributed by atoms with Gasteiger partial charge in [-0.2, -0.15) is 4.31 Å². The topological polar surface area (TPSA) is 75.7 Å². The van der Waals surface area contributed by atoms with Gasteiger partial charge in [0.2, 0.25) is 10.0 Å². The summed E-state index contributed by atoms with van der Waals surface area (Å²) < 4.78 is 31.8. The van der Waals surface area contributed by atoms with Gasteiger partial charge in [0.15, 0.2) is 0 Å². The highest BCUT2D eigenvalue weighted by molar-refractivity contribution is 7.89. The van der Waals surface area contributed by atoms with Gasteiger partial charge < -0.3 is 10.1 Å². The summed E-state index contributed by atoms with van der Waals surface area (Å²) in [4.78, 5) is 11.9. The number of carbonyl (C=O) groups is 1. The first kappa shape index (κ1) is 15.9. The number of benzene rings is 1. The average Bonchev–Trinajstić information content (AvgIpc) is 2.46. The molecule has 1 aliphatic heterocycles. The summed E-state index contributed by atoms with van der Waals surface area (Å²) in [5, 5.41) is 3.15. The van der Waals surface area contributed by atoms with Gasteiger partial charge in [-0.15, -0.1) is 0 Å². The molecule has 6 nitrogen and oxygen atoms in total. The molecule has 7 heteroatoms. The Hall–Kier alpha value is -1.44. The lowest BCUT2D eigenvalue weighted by atomic mass is 10.1. The predicted molar refractivity (Wildman–Crippen MR) is 78.7 cm³/mol. The molecule has 2 rings (SSSR count). The Morgan fingerprint density at radius 2 is 2.14 bits per heavy atom. The van der Waals surface area contributed by atoms with Crippen molar-refractivity contribution in [2.24, 2.45) is 0 Å². The molecule has 116 valence electrons. The molecule has 1 aromatic carbocycles. The normalized spacial score (nSPS) is 20.2. The van der Waals surface area contributed by atoms with Crippen LogP contribution < -0.4 is 5.32 Å². The molecule has 1 fully saturated rings. The predicted octanol–water partition coefficient (Wildman–Crippen LogP) is 0.764. The van der Waals surface area contributed by atoms with Gasteiger partial charge in [0.05, 0.1) is 17.6 Å². The number of methoxy groups -OCH3 is 1. The lowest BCUT2D eigenvalue weighted by Gasteiger charge is -2.33. The minimum absolute atomic E-state index is 0.00806. The Balaban J connectivity index is 2.51. The SMILES string of the molecule is COC(=O)c1cc(C)ccc1S(=O)(=O)N1CCNCC1C. The van der Waals surface area contributed by atoms with Crippen LogP contribution in [0.4, 0.5) is 0 Å². The Morgan fingerprint density at radius 1 is 1.43 bits per heavy atom. The number of carbonyl (C=O) groups excluding carboxylic acids is 1. The van der Waals surface area contributed by atoms with Crippen molar-refractivity contribution in [3.05, 3.63) is 29.3 Å². The largest absolute Gasteiger partial charge is 0.465 e. The molecule has 0 bridgehead atoms. The molecule has 1 unspecified atom stereocenters. The summed E-state index contributed by atoms with van der Waals surface area (Å²) in [6.07, 6.45) is 0. The van der Waals surface area contributed by atoms with Crippen molar-refractivity contribution in [1.29, 1.82) is 0 Å². The molecule has 1 heterocycles. The first-order valence-electron chi connectivity index (χ1n) is 6.79. The maximum absolute atomic E-state index is 12.8. The lowest BCUT2D eigenvalue weighted by Crippen LogP contribution is -2.52. The van der Waals surface area contributed by atoms with Crippen LogP contribution in [0, 0.1) is 6.92 Å². The summed E-state index contributed by atoms with van der Waals surface area (Å²) >= 11 is 0. The van der Waals surface area contributed by atoms with E-state index in [-0.39, 0.29) is 16.5 Å². The molecule has 0 aliphatic carbocycles. The summed E-state index contributed by atoms with van der Waals surface area (Å²) in [5.41, 5.74) is 0.894. The third kappa shape index (κ3) is 3.09. The van der Waals surface area contributed by atoms with Crippen LogP contribution in [0.2, 0.25) is 0 Å². The molecule has 1 atom stereocenters. The second-order valence-corrected chi connectivity index (χ2v) is 7.02. The van der Waals surface area contributed by atoms with Gasteiger partial charge >= 0.3 is 5.97 Å². The zero-order chi connectivity index (χ0) is 15.6. The van der Waals surface area contributed by atoms with E-state index in [4.69, 9.17) is 4.74 Å². The van der Waals surface area contributed by atoms with Gasteiger partial charge in [0, 0.05) is 25.7 Å². The zero-order valence-electron chi connectivity index (χ0n) is 12.4. The highest BCUT2D eigenvalue weighted by atomic mass is 32.2. The zero-order valence-corrected chi connectivity index (χ0v) is 13.2. The van der Waals surface area contributed by atoms with Gasteiger partial charge in [-0.25, -0.2) is 13.2 Å². The minimum atomic E-state index is -3.72. The summed E-state index contributed by atoms with van der Waals surface area (Å²) in [7, 11) is -2.48. The molecule has 0 radical (unpaired) electrons. The Morgan fingerprint density at radius 3 is 2.76 bits per heavy atom. The monoisotopic (exact) mass is 312 g/mol. The molecular weight excluding hydrogens is 292 g/mol. The smallest absolute Gasteiger partial charge is 0.339 e.